The molecule has 3 nitrogen and oxygen atoms in total. The Kier molecular flexibility index (Phi) is 4.83. The molecule has 1 aromatic carbocycles. The third-order valence-corrected chi connectivity index (χ3v) is 3.64. The average Bonchev–Trinajstić information content (AvgIpc) is 2.45. The molecule has 1 aliphatic rings. The Bertz CT molecular complexity index is 404. The molecule has 2 atom stereocenters. The molecule has 1 amide bonds. The highest BCUT2D eigenvalue weighted by molar-refractivity contribution is 5.81. The molecule has 19 heavy (non-hydrogen) atoms. The van der Waals surface area contributed by atoms with E-state index in [4.69, 9.17) is 4.74 Å². The quantitative estimate of drug-likeness (QED) is 0.833. The van der Waals surface area contributed by atoms with Gasteiger partial charge in [-0.25, -0.2) is 0 Å². The number of hydrogen-bond acceptors (Lipinski definition) is 2. The Balaban J connectivity index is 1.98. The van der Waals surface area contributed by atoms with E-state index in [0.29, 0.717) is 12.3 Å². The minimum Gasteiger partial charge on any atom is -0.481 e. The number of ether oxygens (including phenoxy) is 1. The van der Waals surface area contributed by atoms with Crippen LogP contribution in [0.4, 0.5) is 0 Å². The summed E-state index contributed by atoms with van der Waals surface area (Å²) in [6, 6.07) is 9.59. The van der Waals surface area contributed by atoms with Crippen molar-refractivity contribution < 1.29 is 9.53 Å². The van der Waals surface area contributed by atoms with Gasteiger partial charge in [-0.3, -0.25) is 4.79 Å². The van der Waals surface area contributed by atoms with Crippen molar-refractivity contribution in [3.05, 3.63) is 30.3 Å². The predicted octanol–water partition coefficient (Wildman–Crippen LogP) is 3.10. The van der Waals surface area contributed by atoms with Gasteiger partial charge in [0.05, 0.1) is 0 Å². The van der Waals surface area contributed by atoms with Crippen molar-refractivity contribution in [3.63, 3.8) is 0 Å². The molecule has 1 saturated heterocycles. The fourth-order valence-electron chi connectivity index (χ4n) is 2.56. The number of piperidine rings is 1. The molecular formula is C16H23NO2. The second-order valence-electron chi connectivity index (χ2n) is 5.36. The summed E-state index contributed by atoms with van der Waals surface area (Å²) in [7, 11) is 0. The van der Waals surface area contributed by atoms with Crippen LogP contribution in [0, 0.1) is 5.92 Å². The molecule has 1 fully saturated rings. The number of rotatable bonds is 4. The first-order chi connectivity index (χ1) is 9.20. The Morgan fingerprint density at radius 1 is 1.42 bits per heavy atom. The van der Waals surface area contributed by atoms with Crippen molar-refractivity contribution in [2.24, 2.45) is 5.92 Å². The van der Waals surface area contributed by atoms with Gasteiger partial charge in [0, 0.05) is 13.1 Å². The summed E-state index contributed by atoms with van der Waals surface area (Å²) < 4.78 is 5.82. The van der Waals surface area contributed by atoms with E-state index in [1.807, 2.05) is 42.2 Å². The molecule has 1 heterocycles. The van der Waals surface area contributed by atoms with E-state index in [0.717, 1.165) is 25.3 Å². The first-order valence-electron chi connectivity index (χ1n) is 7.21. The van der Waals surface area contributed by atoms with Crippen LogP contribution in [0.2, 0.25) is 0 Å². The summed E-state index contributed by atoms with van der Waals surface area (Å²) in [5.74, 6) is 1.51. The third-order valence-electron chi connectivity index (χ3n) is 3.64. The highest BCUT2D eigenvalue weighted by Crippen LogP contribution is 2.19. The van der Waals surface area contributed by atoms with Crippen LogP contribution in [0.15, 0.2) is 30.3 Å². The Morgan fingerprint density at radius 2 is 2.16 bits per heavy atom. The molecule has 0 spiro atoms. The van der Waals surface area contributed by atoms with Crippen LogP contribution in [-0.2, 0) is 4.79 Å². The van der Waals surface area contributed by atoms with Crippen LogP contribution in [0.3, 0.4) is 0 Å². The first-order valence-corrected chi connectivity index (χ1v) is 7.21. The van der Waals surface area contributed by atoms with Gasteiger partial charge in [0.2, 0.25) is 0 Å². The minimum absolute atomic E-state index is 0.137. The van der Waals surface area contributed by atoms with Crippen LogP contribution < -0.4 is 4.74 Å². The number of nitrogens with zero attached hydrogens (tertiary/aromatic N) is 1. The van der Waals surface area contributed by atoms with Crippen molar-refractivity contribution in [2.75, 3.05) is 13.1 Å². The summed E-state index contributed by atoms with van der Waals surface area (Å²) >= 11 is 0. The van der Waals surface area contributed by atoms with Gasteiger partial charge in [-0.15, -0.1) is 0 Å². The van der Waals surface area contributed by atoms with E-state index >= 15 is 0 Å². The van der Waals surface area contributed by atoms with Crippen molar-refractivity contribution in [1.29, 1.82) is 0 Å². The largest absolute Gasteiger partial charge is 0.481 e. The van der Waals surface area contributed by atoms with Gasteiger partial charge < -0.3 is 9.64 Å². The van der Waals surface area contributed by atoms with Crippen molar-refractivity contribution in [1.82, 2.24) is 4.90 Å². The lowest BCUT2D eigenvalue weighted by Gasteiger charge is -2.33. The molecule has 2 rings (SSSR count). The molecule has 3 heteroatoms. The maximum absolute atomic E-state index is 12.5. The predicted molar refractivity (Wildman–Crippen MR) is 76.1 cm³/mol. The summed E-state index contributed by atoms with van der Waals surface area (Å²) in [5.41, 5.74) is 0. The number of carbonyl (C=O) groups excluding carboxylic acids is 1. The fourth-order valence-corrected chi connectivity index (χ4v) is 2.56. The summed E-state index contributed by atoms with van der Waals surface area (Å²) in [6.45, 7) is 5.95. The van der Waals surface area contributed by atoms with Crippen LogP contribution in [0.5, 0.6) is 5.75 Å². The molecule has 0 unspecified atom stereocenters. The third kappa shape index (κ3) is 3.72. The average molecular weight is 261 g/mol. The normalized spacial score (nSPS) is 20.9. The number of para-hydroxylation sites is 1. The lowest BCUT2D eigenvalue weighted by Crippen LogP contribution is -2.46. The van der Waals surface area contributed by atoms with Gasteiger partial charge in [0.15, 0.2) is 6.10 Å². The van der Waals surface area contributed by atoms with Crippen molar-refractivity contribution in [3.8, 4) is 5.75 Å². The fraction of sp³-hybridized carbons (Fsp3) is 0.562. The number of benzene rings is 1. The van der Waals surface area contributed by atoms with E-state index in [-0.39, 0.29) is 12.0 Å². The van der Waals surface area contributed by atoms with Gasteiger partial charge in [0.1, 0.15) is 5.75 Å². The number of amides is 1. The van der Waals surface area contributed by atoms with E-state index in [1.54, 1.807) is 0 Å². The maximum Gasteiger partial charge on any atom is 0.263 e. The van der Waals surface area contributed by atoms with Gasteiger partial charge in [-0.1, -0.05) is 32.0 Å². The number of carbonyl (C=O) groups is 1. The van der Waals surface area contributed by atoms with Gasteiger partial charge in [-0.2, -0.15) is 0 Å². The van der Waals surface area contributed by atoms with E-state index < -0.39 is 0 Å². The molecule has 1 aliphatic heterocycles. The molecule has 0 N–H and O–H groups in total. The summed E-state index contributed by atoms with van der Waals surface area (Å²) in [5, 5.41) is 0. The van der Waals surface area contributed by atoms with Crippen molar-refractivity contribution >= 4 is 5.91 Å². The maximum atomic E-state index is 12.5. The monoisotopic (exact) mass is 261 g/mol. The zero-order valence-electron chi connectivity index (χ0n) is 11.8. The highest BCUT2D eigenvalue weighted by Gasteiger charge is 2.27. The number of hydrogen-bond donors (Lipinski definition) is 0. The van der Waals surface area contributed by atoms with Crippen LogP contribution >= 0.6 is 0 Å². The number of likely N-dealkylation sites (tertiary alicyclic amines) is 1. The van der Waals surface area contributed by atoms with E-state index in [1.165, 1.54) is 6.42 Å². The van der Waals surface area contributed by atoms with Gasteiger partial charge in [-0.05, 0) is 37.3 Å². The van der Waals surface area contributed by atoms with Crippen LogP contribution in [0.25, 0.3) is 0 Å². The molecule has 0 saturated carbocycles. The summed E-state index contributed by atoms with van der Waals surface area (Å²) in [4.78, 5) is 14.4. The zero-order chi connectivity index (χ0) is 13.7. The summed E-state index contributed by atoms with van der Waals surface area (Å²) in [6.07, 6.45) is 2.68. The zero-order valence-corrected chi connectivity index (χ0v) is 11.8. The van der Waals surface area contributed by atoms with Crippen molar-refractivity contribution in [2.45, 2.75) is 39.2 Å². The molecule has 0 aliphatic carbocycles. The van der Waals surface area contributed by atoms with E-state index in [2.05, 4.69) is 6.92 Å². The smallest absolute Gasteiger partial charge is 0.263 e. The molecular weight excluding hydrogens is 238 g/mol. The molecule has 104 valence electrons. The second kappa shape index (κ2) is 6.60. The first kappa shape index (κ1) is 13.9. The standard InChI is InChI=1S/C16H23NO2/c1-3-15(19-14-9-5-4-6-10-14)16(18)17-11-7-8-13(2)12-17/h4-6,9-10,13,15H,3,7-8,11-12H2,1-2H3/t13-,15-/m0/s1. The van der Waals surface area contributed by atoms with E-state index in [9.17, 15) is 4.79 Å². The second-order valence-corrected chi connectivity index (χ2v) is 5.36. The van der Waals surface area contributed by atoms with Gasteiger partial charge in [0.25, 0.3) is 5.91 Å². The topological polar surface area (TPSA) is 29.5 Å². The van der Waals surface area contributed by atoms with Crippen LogP contribution in [-0.4, -0.2) is 30.0 Å². The molecule has 0 radical (unpaired) electrons. The SMILES string of the molecule is CC[C@H](Oc1ccccc1)C(=O)N1CCC[C@H](C)C1. The Hall–Kier alpha value is -1.51. The van der Waals surface area contributed by atoms with Crippen LogP contribution in [0.1, 0.15) is 33.1 Å². The molecule has 0 aromatic heterocycles. The highest BCUT2D eigenvalue weighted by atomic mass is 16.5. The lowest BCUT2D eigenvalue weighted by atomic mass is 9.99. The lowest BCUT2D eigenvalue weighted by molar-refractivity contribution is -0.140. The Labute approximate surface area is 115 Å². The molecule has 0 bridgehead atoms. The van der Waals surface area contributed by atoms with Gasteiger partial charge >= 0.3 is 0 Å². The Morgan fingerprint density at radius 3 is 2.79 bits per heavy atom. The minimum atomic E-state index is -0.354. The molecule has 1 aromatic rings.